The minimum absolute atomic E-state index is 0.223. The van der Waals surface area contributed by atoms with Gasteiger partial charge >= 0.3 is 0 Å². The maximum absolute atomic E-state index is 11.2. The fraction of sp³-hybridized carbons (Fsp3) is 0.900. The molecule has 0 aromatic rings. The molecule has 13 heavy (non-hydrogen) atoms. The van der Waals surface area contributed by atoms with E-state index < -0.39 is 0 Å². The smallest absolute Gasteiger partial charge is 0.219 e. The van der Waals surface area contributed by atoms with Crippen LogP contribution in [0.3, 0.4) is 0 Å². The second-order valence-electron chi connectivity index (χ2n) is 4.20. The Morgan fingerprint density at radius 3 is 2.77 bits per heavy atom. The lowest BCUT2D eigenvalue weighted by molar-refractivity contribution is -0.121. The lowest BCUT2D eigenvalue weighted by atomic mass is 10.2. The van der Waals surface area contributed by atoms with Crippen molar-refractivity contribution in [1.82, 2.24) is 10.6 Å². The normalized spacial score (nSPS) is 35.6. The minimum Gasteiger partial charge on any atom is -0.356 e. The van der Waals surface area contributed by atoms with Crippen LogP contribution >= 0.6 is 0 Å². The van der Waals surface area contributed by atoms with Crippen LogP contribution in [0.5, 0.6) is 0 Å². The zero-order valence-electron chi connectivity index (χ0n) is 8.18. The van der Waals surface area contributed by atoms with Gasteiger partial charge in [-0.1, -0.05) is 6.92 Å². The summed E-state index contributed by atoms with van der Waals surface area (Å²) in [7, 11) is 0. The van der Waals surface area contributed by atoms with Gasteiger partial charge in [0.1, 0.15) is 0 Å². The zero-order chi connectivity index (χ0) is 9.26. The van der Waals surface area contributed by atoms with Gasteiger partial charge in [-0.3, -0.25) is 4.79 Å². The predicted octanol–water partition coefficient (Wildman–Crippen LogP) is 0.368. The van der Waals surface area contributed by atoms with Crippen molar-refractivity contribution in [3.05, 3.63) is 0 Å². The van der Waals surface area contributed by atoms with E-state index in [0.29, 0.717) is 6.42 Å². The van der Waals surface area contributed by atoms with Crippen LogP contribution in [0.15, 0.2) is 0 Å². The molecule has 74 valence electrons. The number of hydrogen-bond donors (Lipinski definition) is 2. The van der Waals surface area contributed by atoms with Gasteiger partial charge in [0.25, 0.3) is 0 Å². The summed E-state index contributed by atoms with van der Waals surface area (Å²) in [5.74, 6) is 2.73. The standard InChI is InChI=1S/C10H18N2O/c1-2-3-10(13)12-6-9-7-4-11-5-8(7)9/h7-9,11H,2-6H2,1H3,(H,12,13). The van der Waals surface area contributed by atoms with Crippen LogP contribution in [-0.2, 0) is 4.79 Å². The number of amides is 1. The number of carbonyl (C=O) groups excluding carboxylic acids is 1. The van der Waals surface area contributed by atoms with E-state index in [4.69, 9.17) is 0 Å². The van der Waals surface area contributed by atoms with E-state index in [1.54, 1.807) is 0 Å². The Morgan fingerprint density at radius 2 is 2.15 bits per heavy atom. The summed E-state index contributed by atoms with van der Waals surface area (Å²) in [6, 6.07) is 0. The SMILES string of the molecule is CCCC(=O)NCC1C2CNCC21. The van der Waals surface area contributed by atoms with Gasteiger partial charge in [0.05, 0.1) is 0 Å². The molecule has 0 radical (unpaired) electrons. The molecule has 0 aromatic heterocycles. The zero-order valence-corrected chi connectivity index (χ0v) is 8.18. The van der Waals surface area contributed by atoms with Crippen molar-refractivity contribution in [1.29, 1.82) is 0 Å². The van der Waals surface area contributed by atoms with Crippen molar-refractivity contribution in [3.63, 3.8) is 0 Å². The van der Waals surface area contributed by atoms with Crippen LogP contribution in [0, 0.1) is 17.8 Å². The first-order valence-corrected chi connectivity index (χ1v) is 5.30. The number of fused-ring (bicyclic) bond motifs is 1. The Hall–Kier alpha value is -0.570. The summed E-state index contributed by atoms with van der Waals surface area (Å²) in [4.78, 5) is 11.2. The van der Waals surface area contributed by atoms with Crippen molar-refractivity contribution in [2.75, 3.05) is 19.6 Å². The molecule has 2 fully saturated rings. The van der Waals surface area contributed by atoms with Crippen molar-refractivity contribution < 1.29 is 4.79 Å². The molecule has 3 heteroatoms. The van der Waals surface area contributed by atoms with E-state index in [1.165, 1.54) is 13.1 Å². The maximum atomic E-state index is 11.2. The summed E-state index contributed by atoms with van der Waals surface area (Å²) in [6.45, 7) is 5.28. The molecule has 1 heterocycles. The molecule has 2 rings (SSSR count). The van der Waals surface area contributed by atoms with E-state index in [2.05, 4.69) is 10.6 Å². The number of hydrogen-bond acceptors (Lipinski definition) is 2. The third-order valence-electron chi connectivity index (χ3n) is 3.28. The molecular formula is C10H18N2O. The quantitative estimate of drug-likeness (QED) is 0.659. The topological polar surface area (TPSA) is 41.1 Å². The summed E-state index contributed by atoms with van der Waals surface area (Å²) in [5, 5.41) is 6.36. The maximum Gasteiger partial charge on any atom is 0.219 e. The Kier molecular flexibility index (Phi) is 2.54. The molecule has 3 nitrogen and oxygen atoms in total. The van der Waals surface area contributed by atoms with Crippen molar-refractivity contribution in [2.45, 2.75) is 19.8 Å². The molecule has 2 N–H and O–H groups in total. The molecule has 1 saturated carbocycles. The van der Waals surface area contributed by atoms with E-state index in [1.807, 2.05) is 6.92 Å². The molecule has 1 aliphatic carbocycles. The Bertz CT molecular complexity index is 195. The highest BCUT2D eigenvalue weighted by atomic mass is 16.1. The van der Waals surface area contributed by atoms with Crippen molar-refractivity contribution in [2.24, 2.45) is 17.8 Å². The van der Waals surface area contributed by atoms with Crippen LogP contribution in [0.1, 0.15) is 19.8 Å². The van der Waals surface area contributed by atoms with Gasteiger partial charge in [-0.15, -0.1) is 0 Å². The third-order valence-corrected chi connectivity index (χ3v) is 3.28. The fourth-order valence-corrected chi connectivity index (χ4v) is 2.40. The molecule has 0 aromatic carbocycles. The number of piperidine rings is 1. The highest BCUT2D eigenvalue weighted by Gasteiger charge is 2.52. The largest absolute Gasteiger partial charge is 0.356 e. The van der Waals surface area contributed by atoms with Gasteiger partial charge in [-0.05, 0) is 37.3 Å². The van der Waals surface area contributed by atoms with Gasteiger partial charge < -0.3 is 10.6 Å². The molecule has 0 spiro atoms. The van der Waals surface area contributed by atoms with Gasteiger partial charge in [0.15, 0.2) is 0 Å². The van der Waals surface area contributed by atoms with Crippen LogP contribution in [0.4, 0.5) is 0 Å². The van der Waals surface area contributed by atoms with Gasteiger partial charge in [0.2, 0.25) is 5.91 Å². The number of carbonyl (C=O) groups is 1. The van der Waals surface area contributed by atoms with Crippen LogP contribution in [0.25, 0.3) is 0 Å². The second kappa shape index (κ2) is 3.66. The predicted molar refractivity (Wildman–Crippen MR) is 51.3 cm³/mol. The second-order valence-corrected chi connectivity index (χ2v) is 4.20. The first-order chi connectivity index (χ1) is 6.33. The molecular weight excluding hydrogens is 164 g/mol. The van der Waals surface area contributed by atoms with Gasteiger partial charge in [0, 0.05) is 13.0 Å². The summed E-state index contributed by atoms with van der Waals surface area (Å²) in [6.07, 6.45) is 1.63. The van der Waals surface area contributed by atoms with E-state index in [0.717, 1.165) is 30.7 Å². The van der Waals surface area contributed by atoms with Crippen LogP contribution in [-0.4, -0.2) is 25.5 Å². The Labute approximate surface area is 79.3 Å². The van der Waals surface area contributed by atoms with E-state index in [9.17, 15) is 4.79 Å². The highest BCUT2D eigenvalue weighted by molar-refractivity contribution is 5.75. The monoisotopic (exact) mass is 182 g/mol. The van der Waals surface area contributed by atoms with Crippen molar-refractivity contribution >= 4 is 5.91 Å². The molecule has 2 atom stereocenters. The number of rotatable bonds is 4. The third kappa shape index (κ3) is 1.85. The van der Waals surface area contributed by atoms with Crippen molar-refractivity contribution in [3.8, 4) is 0 Å². The molecule has 1 saturated heterocycles. The molecule has 2 aliphatic rings. The molecule has 1 amide bonds. The summed E-state index contributed by atoms with van der Waals surface area (Å²) < 4.78 is 0. The summed E-state index contributed by atoms with van der Waals surface area (Å²) in [5.41, 5.74) is 0. The lowest BCUT2D eigenvalue weighted by Crippen LogP contribution is -2.28. The Balaban J connectivity index is 1.62. The fourth-order valence-electron chi connectivity index (χ4n) is 2.40. The van der Waals surface area contributed by atoms with E-state index >= 15 is 0 Å². The first-order valence-electron chi connectivity index (χ1n) is 5.30. The molecule has 2 unspecified atom stereocenters. The van der Waals surface area contributed by atoms with Gasteiger partial charge in [-0.2, -0.15) is 0 Å². The molecule has 0 bridgehead atoms. The average molecular weight is 182 g/mol. The van der Waals surface area contributed by atoms with Gasteiger partial charge in [-0.25, -0.2) is 0 Å². The average Bonchev–Trinajstić information content (AvgIpc) is 2.58. The van der Waals surface area contributed by atoms with Crippen LogP contribution < -0.4 is 10.6 Å². The Morgan fingerprint density at radius 1 is 1.46 bits per heavy atom. The number of nitrogens with one attached hydrogen (secondary N) is 2. The first kappa shape index (κ1) is 9.00. The van der Waals surface area contributed by atoms with E-state index in [-0.39, 0.29) is 5.91 Å². The highest BCUT2D eigenvalue weighted by Crippen LogP contribution is 2.47. The summed E-state index contributed by atoms with van der Waals surface area (Å²) >= 11 is 0. The van der Waals surface area contributed by atoms with Crippen LogP contribution in [0.2, 0.25) is 0 Å². The minimum atomic E-state index is 0.223. The molecule has 1 aliphatic heterocycles. The lowest BCUT2D eigenvalue weighted by Gasteiger charge is -2.05.